The Morgan fingerprint density at radius 2 is 2.38 bits per heavy atom. The Kier molecular flexibility index (Phi) is 3.83. The molecule has 0 radical (unpaired) electrons. The molecular weight excluding hydrogens is 292 g/mol. The van der Waals surface area contributed by atoms with Crippen molar-refractivity contribution in [3.05, 3.63) is 42.1 Å². The average molecular weight is 310 g/mol. The third kappa shape index (κ3) is 3.02. The van der Waals surface area contributed by atoms with Gasteiger partial charge in [-0.2, -0.15) is 22.5 Å². The van der Waals surface area contributed by atoms with Gasteiger partial charge in [-0.25, -0.2) is 0 Å². The molecule has 0 unspecified atom stereocenters. The van der Waals surface area contributed by atoms with Crippen molar-refractivity contribution in [2.45, 2.75) is 25.4 Å². The number of aromatic nitrogens is 2. The molecule has 0 amide bonds. The fourth-order valence-corrected chi connectivity index (χ4v) is 4.04. The van der Waals surface area contributed by atoms with Gasteiger partial charge in [-0.15, -0.1) is 0 Å². The number of nitrogens with zero attached hydrogens (tertiary/aromatic N) is 3. The molecule has 21 heavy (non-hydrogen) atoms. The summed E-state index contributed by atoms with van der Waals surface area (Å²) < 4.78 is 36.0. The summed E-state index contributed by atoms with van der Waals surface area (Å²) in [6.07, 6.45) is 6.62. The highest BCUT2D eigenvalue weighted by atomic mass is 32.2. The van der Waals surface area contributed by atoms with Crippen LogP contribution in [0.3, 0.4) is 0 Å². The van der Waals surface area contributed by atoms with Crippen molar-refractivity contribution in [2.75, 3.05) is 6.54 Å². The molecule has 7 nitrogen and oxygen atoms in total. The average Bonchev–Trinajstić information content (AvgIpc) is 3.17. The quantitative estimate of drug-likeness (QED) is 0.899. The first-order chi connectivity index (χ1) is 10.1. The highest BCUT2D eigenvalue weighted by Gasteiger charge is 2.36. The minimum atomic E-state index is -3.54. The maximum Gasteiger partial charge on any atom is 0.280 e. The molecule has 2 aromatic heterocycles. The number of hydrogen-bond acceptors (Lipinski definition) is 4. The van der Waals surface area contributed by atoms with E-state index in [4.69, 9.17) is 4.42 Å². The van der Waals surface area contributed by atoms with Gasteiger partial charge in [0, 0.05) is 31.9 Å². The maximum atomic E-state index is 12.5. The first kappa shape index (κ1) is 14.3. The first-order valence-electron chi connectivity index (χ1n) is 6.83. The van der Waals surface area contributed by atoms with Crippen LogP contribution in [0.4, 0.5) is 0 Å². The molecule has 3 rings (SSSR count). The molecule has 0 aromatic carbocycles. The highest BCUT2D eigenvalue weighted by Crippen LogP contribution is 2.33. The zero-order valence-electron chi connectivity index (χ0n) is 11.8. The fourth-order valence-electron chi connectivity index (χ4n) is 2.61. The van der Waals surface area contributed by atoms with E-state index in [9.17, 15) is 8.42 Å². The Bertz CT molecular complexity index is 693. The minimum Gasteiger partial charge on any atom is -0.468 e. The lowest BCUT2D eigenvalue weighted by Gasteiger charge is -2.22. The van der Waals surface area contributed by atoms with E-state index >= 15 is 0 Å². The van der Waals surface area contributed by atoms with Crippen LogP contribution in [0.25, 0.3) is 0 Å². The van der Waals surface area contributed by atoms with Gasteiger partial charge in [0.15, 0.2) is 0 Å². The minimum absolute atomic E-state index is 0.216. The molecule has 1 aliphatic heterocycles. The number of furan rings is 1. The van der Waals surface area contributed by atoms with Crippen LogP contribution in [0.5, 0.6) is 0 Å². The lowest BCUT2D eigenvalue weighted by atomic mass is 10.2. The summed E-state index contributed by atoms with van der Waals surface area (Å²) in [6.45, 7) is 0.741. The molecule has 2 aromatic rings. The van der Waals surface area contributed by atoms with Crippen molar-refractivity contribution < 1.29 is 12.8 Å². The van der Waals surface area contributed by atoms with Crippen molar-refractivity contribution in [1.29, 1.82) is 0 Å². The van der Waals surface area contributed by atoms with Gasteiger partial charge in [-0.05, 0) is 25.0 Å². The molecule has 8 heteroatoms. The van der Waals surface area contributed by atoms with Gasteiger partial charge < -0.3 is 4.42 Å². The summed E-state index contributed by atoms with van der Waals surface area (Å²) in [5.41, 5.74) is 0.829. The third-order valence-corrected chi connectivity index (χ3v) is 5.16. The summed E-state index contributed by atoms with van der Waals surface area (Å²) in [5.74, 6) is 0.694. The van der Waals surface area contributed by atoms with E-state index in [-0.39, 0.29) is 12.6 Å². The van der Waals surface area contributed by atoms with E-state index < -0.39 is 10.2 Å². The van der Waals surface area contributed by atoms with Gasteiger partial charge in [0.2, 0.25) is 0 Å². The molecule has 1 aliphatic rings. The zero-order valence-corrected chi connectivity index (χ0v) is 12.6. The molecule has 1 saturated heterocycles. The Hall–Kier alpha value is -1.64. The van der Waals surface area contributed by atoms with Crippen LogP contribution in [0.2, 0.25) is 0 Å². The summed E-state index contributed by atoms with van der Waals surface area (Å²) >= 11 is 0. The topological polar surface area (TPSA) is 80.4 Å². The zero-order chi connectivity index (χ0) is 14.9. The summed E-state index contributed by atoms with van der Waals surface area (Å²) in [5, 5.41) is 4.02. The van der Waals surface area contributed by atoms with Gasteiger partial charge in [0.1, 0.15) is 5.76 Å². The number of rotatable bonds is 5. The van der Waals surface area contributed by atoms with Crippen molar-refractivity contribution in [3.63, 3.8) is 0 Å². The molecule has 1 atom stereocenters. The van der Waals surface area contributed by atoms with Crippen LogP contribution in [0, 0.1) is 0 Å². The van der Waals surface area contributed by atoms with Gasteiger partial charge in [0.25, 0.3) is 10.2 Å². The van der Waals surface area contributed by atoms with Crippen LogP contribution in [-0.4, -0.2) is 29.0 Å². The SMILES string of the molecule is Cn1cc(CNS(=O)(=O)N2CCC[C@@H]2c2ccco2)cn1. The largest absolute Gasteiger partial charge is 0.468 e. The van der Waals surface area contributed by atoms with E-state index in [1.807, 2.05) is 6.07 Å². The number of aryl methyl sites for hydroxylation is 1. The lowest BCUT2D eigenvalue weighted by molar-refractivity contribution is 0.335. The molecule has 0 spiro atoms. The summed E-state index contributed by atoms with van der Waals surface area (Å²) in [6, 6.07) is 3.38. The van der Waals surface area contributed by atoms with Gasteiger partial charge in [-0.3, -0.25) is 4.68 Å². The van der Waals surface area contributed by atoms with E-state index in [1.165, 1.54) is 4.31 Å². The second kappa shape index (κ2) is 5.63. The second-order valence-corrected chi connectivity index (χ2v) is 6.84. The molecule has 0 aliphatic carbocycles. The van der Waals surface area contributed by atoms with E-state index in [0.717, 1.165) is 18.4 Å². The van der Waals surface area contributed by atoms with Crippen molar-refractivity contribution >= 4 is 10.2 Å². The summed E-state index contributed by atoms with van der Waals surface area (Å²) in [4.78, 5) is 0. The highest BCUT2D eigenvalue weighted by molar-refractivity contribution is 7.87. The molecule has 1 fully saturated rings. The third-order valence-electron chi connectivity index (χ3n) is 3.60. The molecule has 3 heterocycles. The fraction of sp³-hybridized carbons (Fsp3) is 0.462. The molecular formula is C13H18N4O3S. The smallest absolute Gasteiger partial charge is 0.280 e. The van der Waals surface area contributed by atoms with E-state index in [2.05, 4.69) is 9.82 Å². The Morgan fingerprint density at radius 3 is 3.05 bits per heavy atom. The monoisotopic (exact) mass is 310 g/mol. The van der Waals surface area contributed by atoms with Crippen molar-refractivity contribution in [1.82, 2.24) is 18.8 Å². The number of nitrogens with one attached hydrogen (secondary N) is 1. The predicted molar refractivity (Wildman–Crippen MR) is 76.4 cm³/mol. The van der Waals surface area contributed by atoms with Crippen LogP contribution in [-0.2, 0) is 23.8 Å². The van der Waals surface area contributed by atoms with Crippen LogP contribution >= 0.6 is 0 Å². The predicted octanol–water partition coefficient (Wildman–Crippen LogP) is 1.18. The maximum absolute atomic E-state index is 12.5. The molecule has 0 bridgehead atoms. The van der Waals surface area contributed by atoms with Crippen LogP contribution in [0.1, 0.15) is 30.2 Å². The standard InChI is InChI=1S/C13H18N4O3S/c1-16-10-11(8-14-16)9-15-21(18,19)17-6-2-4-12(17)13-5-3-7-20-13/h3,5,7-8,10,12,15H,2,4,6,9H2,1H3/t12-/m1/s1. The van der Waals surface area contributed by atoms with Crippen LogP contribution < -0.4 is 4.72 Å². The van der Waals surface area contributed by atoms with E-state index in [1.54, 1.807) is 36.5 Å². The van der Waals surface area contributed by atoms with E-state index in [0.29, 0.717) is 12.3 Å². The Morgan fingerprint density at radius 1 is 1.52 bits per heavy atom. The van der Waals surface area contributed by atoms with Crippen molar-refractivity contribution in [2.24, 2.45) is 7.05 Å². The van der Waals surface area contributed by atoms with Crippen molar-refractivity contribution in [3.8, 4) is 0 Å². The summed E-state index contributed by atoms with van der Waals surface area (Å²) in [7, 11) is -1.74. The van der Waals surface area contributed by atoms with Gasteiger partial charge in [0.05, 0.1) is 18.5 Å². The normalized spacial score (nSPS) is 20.1. The second-order valence-electron chi connectivity index (χ2n) is 5.13. The molecule has 0 saturated carbocycles. The molecule has 1 N–H and O–H groups in total. The Balaban J connectivity index is 1.71. The van der Waals surface area contributed by atoms with Gasteiger partial charge in [-0.1, -0.05) is 0 Å². The Labute approximate surface area is 123 Å². The first-order valence-corrected chi connectivity index (χ1v) is 8.27. The molecule has 114 valence electrons. The van der Waals surface area contributed by atoms with Gasteiger partial charge >= 0.3 is 0 Å². The lowest BCUT2D eigenvalue weighted by Crippen LogP contribution is -2.39. The van der Waals surface area contributed by atoms with Crippen LogP contribution in [0.15, 0.2) is 35.2 Å². The number of hydrogen-bond donors (Lipinski definition) is 1.